The number of halogens is 1. The molecule has 1 aromatic carbocycles. The number of methoxy groups -OCH3 is 1. The Morgan fingerprint density at radius 2 is 2.26 bits per heavy atom. The highest BCUT2D eigenvalue weighted by molar-refractivity contribution is 6.30. The summed E-state index contributed by atoms with van der Waals surface area (Å²) in [4.78, 5) is 13.8. The summed E-state index contributed by atoms with van der Waals surface area (Å²) in [5.41, 5.74) is 0.872. The third-order valence-corrected chi connectivity index (χ3v) is 2.89. The minimum Gasteiger partial charge on any atom is -0.383 e. The Balaban J connectivity index is 2.62. The van der Waals surface area contributed by atoms with Gasteiger partial charge in [0.2, 0.25) is 5.91 Å². The molecule has 0 radical (unpaired) electrons. The van der Waals surface area contributed by atoms with E-state index in [4.69, 9.17) is 21.6 Å². The third-order valence-electron chi connectivity index (χ3n) is 2.66. The summed E-state index contributed by atoms with van der Waals surface area (Å²) in [5, 5.41) is 9.23. The van der Waals surface area contributed by atoms with Gasteiger partial charge in [0.05, 0.1) is 25.5 Å². The van der Waals surface area contributed by atoms with Gasteiger partial charge in [-0.25, -0.2) is 0 Å². The van der Waals surface area contributed by atoms with Crippen molar-refractivity contribution in [3.63, 3.8) is 0 Å². The predicted molar refractivity (Wildman–Crippen MR) is 73.8 cm³/mol. The SMILES string of the molecule is COCCN(CCC#N)C(=O)Cc1cccc(Cl)c1. The maximum absolute atomic E-state index is 12.2. The summed E-state index contributed by atoms with van der Waals surface area (Å²) in [7, 11) is 1.59. The van der Waals surface area contributed by atoms with Gasteiger partial charge in [0.25, 0.3) is 0 Å². The van der Waals surface area contributed by atoms with E-state index in [1.165, 1.54) is 0 Å². The van der Waals surface area contributed by atoms with E-state index < -0.39 is 0 Å². The maximum Gasteiger partial charge on any atom is 0.227 e. The van der Waals surface area contributed by atoms with Gasteiger partial charge < -0.3 is 9.64 Å². The van der Waals surface area contributed by atoms with Crippen LogP contribution in [0.4, 0.5) is 0 Å². The fraction of sp³-hybridized carbons (Fsp3) is 0.429. The molecular weight excluding hydrogens is 264 g/mol. The lowest BCUT2D eigenvalue weighted by Gasteiger charge is -2.21. The molecule has 0 fully saturated rings. The molecule has 4 nitrogen and oxygen atoms in total. The van der Waals surface area contributed by atoms with Gasteiger partial charge in [0.15, 0.2) is 0 Å². The Bertz CT molecular complexity index is 457. The minimum absolute atomic E-state index is 0.0189. The van der Waals surface area contributed by atoms with Gasteiger partial charge in [-0.1, -0.05) is 23.7 Å². The van der Waals surface area contributed by atoms with Crippen LogP contribution in [-0.2, 0) is 16.0 Å². The molecule has 0 spiro atoms. The molecule has 0 atom stereocenters. The van der Waals surface area contributed by atoms with Crippen molar-refractivity contribution in [2.45, 2.75) is 12.8 Å². The molecule has 0 saturated heterocycles. The smallest absolute Gasteiger partial charge is 0.227 e. The Labute approximate surface area is 118 Å². The first kappa shape index (κ1) is 15.5. The Morgan fingerprint density at radius 3 is 2.89 bits per heavy atom. The number of amides is 1. The van der Waals surface area contributed by atoms with Crippen LogP contribution in [0.2, 0.25) is 5.02 Å². The van der Waals surface area contributed by atoms with Crippen molar-refractivity contribution >= 4 is 17.5 Å². The van der Waals surface area contributed by atoms with E-state index in [9.17, 15) is 4.79 Å². The van der Waals surface area contributed by atoms with Crippen molar-refractivity contribution in [3.8, 4) is 6.07 Å². The molecule has 0 N–H and O–H groups in total. The van der Waals surface area contributed by atoms with Gasteiger partial charge in [-0.2, -0.15) is 5.26 Å². The first-order chi connectivity index (χ1) is 9.17. The van der Waals surface area contributed by atoms with E-state index in [1.54, 1.807) is 24.1 Å². The molecule has 1 rings (SSSR count). The van der Waals surface area contributed by atoms with Gasteiger partial charge in [-0.05, 0) is 17.7 Å². The topological polar surface area (TPSA) is 53.3 Å². The zero-order chi connectivity index (χ0) is 14.1. The zero-order valence-corrected chi connectivity index (χ0v) is 11.7. The summed E-state index contributed by atoms with van der Waals surface area (Å²) in [5.74, 6) is -0.0189. The van der Waals surface area contributed by atoms with Gasteiger partial charge in [0, 0.05) is 25.2 Å². The first-order valence-electron chi connectivity index (χ1n) is 6.05. The van der Waals surface area contributed by atoms with Crippen molar-refractivity contribution in [2.75, 3.05) is 26.8 Å². The molecular formula is C14H17ClN2O2. The maximum atomic E-state index is 12.2. The molecule has 5 heteroatoms. The van der Waals surface area contributed by atoms with E-state index in [0.717, 1.165) is 5.56 Å². The van der Waals surface area contributed by atoms with Crippen molar-refractivity contribution < 1.29 is 9.53 Å². The predicted octanol–water partition coefficient (Wildman–Crippen LogP) is 2.27. The fourth-order valence-electron chi connectivity index (χ4n) is 1.68. The lowest BCUT2D eigenvalue weighted by Crippen LogP contribution is -2.35. The number of hydrogen-bond donors (Lipinski definition) is 0. The van der Waals surface area contributed by atoms with Crippen molar-refractivity contribution in [2.24, 2.45) is 0 Å². The van der Waals surface area contributed by atoms with Crippen LogP contribution in [0.3, 0.4) is 0 Å². The summed E-state index contributed by atoms with van der Waals surface area (Å²) in [6.07, 6.45) is 0.612. The molecule has 0 bridgehead atoms. The number of ether oxygens (including phenoxy) is 1. The number of nitrogens with zero attached hydrogens (tertiary/aromatic N) is 2. The minimum atomic E-state index is -0.0189. The van der Waals surface area contributed by atoms with Crippen molar-refractivity contribution in [1.29, 1.82) is 5.26 Å². The number of carbonyl (C=O) groups is 1. The van der Waals surface area contributed by atoms with Crippen molar-refractivity contribution in [3.05, 3.63) is 34.9 Å². The molecule has 0 saturated carbocycles. The Hall–Kier alpha value is -1.57. The van der Waals surface area contributed by atoms with Crippen LogP contribution in [0.5, 0.6) is 0 Å². The van der Waals surface area contributed by atoms with Gasteiger partial charge >= 0.3 is 0 Å². The van der Waals surface area contributed by atoms with Crippen LogP contribution < -0.4 is 0 Å². The molecule has 0 aromatic heterocycles. The molecule has 1 aromatic rings. The second kappa shape index (κ2) is 8.52. The molecule has 1 amide bonds. The third kappa shape index (κ3) is 5.73. The first-order valence-corrected chi connectivity index (χ1v) is 6.43. The highest BCUT2D eigenvalue weighted by Crippen LogP contribution is 2.12. The molecule has 0 unspecified atom stereocenters. The van der Waals surface area contributed by atoms with E-state index in [1.807, 2.05) is 18.2 Å². The van der Waals surface area contributed by atoms with Crippen LogP contribution in [0.25, 0.3) is 0 Å². The standard InChI is InChI=1S/C14H17ClN2O2/c1-19-9-8-17(7-3-6-16)14(18)11-12-4-2-5-13(15)10-12/h2,4-5,10H,3,7-9,11H2,1H3. The largest absolute Gasteiger partial charge is 0.383 e. The number of rotatable bonds is 7. The second-order valence-electron chi connectivity index (χ2n) is 4.09. The molecule has 102 valence electrons. The number of nitriles is 1. The van der Waals surface area contributed by atoms with Crippen LogP contribution in [-0.4, -0.2) is 37.6 Å². The normalized spacial score (nSPS) is 9.95. The van der Waals surface area contributed by atoms with Crippen molar-refractivity contribution in [1.82, 2.24) is 4.90 Å². The molecule has 0 aliphatic rings. The molecule has 0 heterocycles. The van der Waals surface area contributed by atoms with Gasteiger partial charge in [-0.15, -0.1) is 0 Å². The highest BCUT2D eigenvalue weighted by atomic mass is 35.5. The van der Waals surface area contributed by atoms with E-state index in [0.29, 0.717) is 31.1 Å². The number of hydrogen-bond acceptors (Lipinski definition) is 3. The van der Waals surface area contributed by atoms with Crippen LogP contribution in [0, 0.1) is 11.3 Å². The van der Waals surface area contributed by atoms with Crippen LogP contribution in [0.1, 0.15) is 12.0 Å². The lowest BCUT2D eigenvalue weighted by molar-refractivity contribution is -0.131. The lowest BCUT2D eigenvalue weighted by atomic mass is 10.1. The Morgan fingerprint density at radius 1 is 1.47 bits per heavy atom. The Kier molecular flexibility index (Phi) is 6.94. The summed E-state index contributed by atoms with van der Waals surface area (Å²) >= 11 is 5.89. The van der Waals surface area contributed by atoms with E-state index in [-0.39, 0.29) is 12.3 Å². The van der Waals surface area contributed by atoms with Gasteiger partial charge in [0.1, 0.15) is 0 Å². The van der Waals surface area contributed by atoms with Crippen LogP contribution in [0.15, 0.2) is 24.3 Å². The molecule has 0 aliphatic carbocycles. The average Bonchev–Trinajstić information content (AvgIpc) is 2.38. The summed E-state index contributed by atoms with van der Waals surface area (Å²) < 4.78 is 4.97. The average molecular weight is 281 g/mol. The molecule has 0 aliphatic heterocycles. The summed E-state index contributed by atoms with van der Waals surface area (Å²) in [6, 6.07) is 9.28. The van der Waals surface area contributed by atoms with E-state index in [2.05, 4.69) is 0 Å². The highest BCUT2D eigenvalue weighted by Gasteiger charge is 2.13. The molecule has 19 heavy (non-hydrogen) atoms. The summed E-state index contributed by atoms with van der Waals surface area (Å²) in [6.45, 7) is 1.39. The number of carbonyl (C=O) groups excluding carboxylic acids is 1. The fourth-order valence-corrected chi connectivity index (χ4v) is 1.89. The number of benzene rings is 1. The zero-order valence-electron chi connectivity index (χ0n) is 10.9. The van der Waals surface area contributed by atoms with E-state index >= 15 is 0 Å². The van der Waals surface area contributed by atoms with Crippen LogP contribution >= 0.6 is 11.6 Å². The van der Waals surface area contributed by atoms with Gasteiger partial charge in [-0.3, -0.25) is 4.79 Å². The quantitative estimate of drug-likeness (QED) is 0.770. The second-order valence-corrected chi connectivity index (χ2v) is 4.52. The monoisotopic (exact) mass is 280 g/mol.